The van der Waals surface area contributed by atoms with Gasteiger partial charge >= 0.3 is 17.1 Å². The molecule has 0 fully saturated rings. The summed E-state index contributed by atoms with van der Waals surface area (Å²) in [5.74, 6) is -2.29. The van der Waals surface area contributed by atoms with Crippen LogP contribution in [0.4, 0.5) is 17.6 Å². The van der Waals surface area contributed by atoms with Crippen LogP contribution in [0.15, 0.2) is 48.5 Å². The highest BCUT2D eigenvalue weighted by atomic mass is 32.2. The monoisotopic (exact) mass is 433 g/mol. The van der Waals surface area contributed by atoms with E-state index in [1.807, 2.05) is 48.5 Å². The van der Waals surface area contributed by atoms with Crippen molar-refractivity contribution in [2.75, 3.05) is 13.2 Å². The summed E-state index contributed by atoms with van der Waals surface area (Å²) in [6.45, 7) is -0.948. The molecule has 1 atom stereocenters. The second kappa shape index (κ2) is 8.67. The molecule has 2 aromatic rings. The molecule has 0 radical (unpaired) electrons. The Morgan fingerprint density at radius 2 is 1.52 bits per heavy atom. The fraction of sp³-hybridized carbons (Fsp3) is 0.278. The number of alkyl halides is 4. The van der Waals surface area contributed by atoms with Gasteiger partial charge in [0.05, 0.1) is 18.6 Å². The molecule has 0 N–H and O–H groups in total. The van der Waals surface area contributed by atoms with Crippen LogP contribution in [0, 0.1) is 0 Å². The molecular formula is C18H13F4O6S-. The lowest BCUT2D eigenvalue weighted by Crippen LogP contribution is -2.47. The number of carbonyl (C=O) groups excluding carboxylic acids is 1. The van der Waals surface area contributed by atoms with Crippen molar-refractivity contribution in [2.24, 2.45) is 0 Å². The summed E-state index contributed by atoms with van der Waals surface area (Å²) in [5, 5.41) is 7.75. The molecule has 1 unspecified atom stereocenters. The van der Waals surface area contributed by atoms with E-state index >= 15 is 0 Å². The van der Waals surface area contributed by atoms with Gasteiger partial charge in [0.15, 0.2) is 0 Å². The molecule has 3 rings (SSSR count). The molecule has 0 spiro atoms. The first-order valence-corrected chi connectivity index (χ1v) is 8.90. The Hall–Kier alpha value is -2.18. The van der Waals surface area contributed by atoms with E-state index in [1.54, 1.807) is 0 Å². The van der Waals surface area contributed by atoms with Crippen LogP contribution in [-0.4, -0.2) is 30.4 Å². The number of hydrogen-bond donors (Lipinski definition) is 0. The SMILES string of the molecule is O=C(OCCOC1c2ccccc2-c2ccccc21)C(F)(SOO[O-])C(F)(F)F. The minimum absolute atomic E-state index is 0.295. The topological polar surface area (TPSA) is 77.1 Å². The van der Waals surface area contributed by atoms with Crippen LogP contribution in [0.25, 0.3) is 11.1 Å². The summed E-state index contributed by atoms with van der Waals surface area (Å²) in [6.07, 6.45) is -6.21. The van der Waals surface area contributed by atoms with Gasteiger partial charge in [-0.25, -0.2) is 9.18 Å². The van der Waals surface area contributed by atoms with Crippen LogP contribution >= 0.6 is 12.0 Å². The Morgan fingerprint density at radius 1 is 0.966 bits per heavy atom. The van der Waals surface area contributed by atoms with Crippen molar-refractivity contribution in [2.45, 2.75) is 17.3 Å². The molecule has 0 bridgehead atoms. The van der Waals surface area contributed by atoms with Crippen LogP contribution in [-0.2, 0) is 23.6 Å². The number of fused-ring (bicyclic) bond motifs is 3. The largest absolute Gasteiger partial charge is 0.691 e. The van der Waals surface area contributed by atoms with E-state index in [9.17, 15) is 27.6 Å². The van der Waals surface area contributed by atoms with Gasteiger partial charge in [-0.1, -0.05) is 48.5 Å². The lowest BCUT2D eigenvalue weighted by molar-refractivity contribution is -0.777. The maximum Gasteiger partial charge on any atom is 0.446 e. The van der Waals surface area contributed by atoms with Gasteiger partial charge in [-0.15, -0.1) is 0 Å². The van der Waals surface area contributed by atoms with E-state index in [2.05, 4.69) is 14.1 Å². The fourth-order valence-corrected chi connectivity index (χ4v) is 3.28. The summed E-state index contributed by atoms with van der Waals surface area (Å²) in [5.41, 5.74) is 3.62. The number of esters is 1. The summed E-state index contributed by atoms with van der Waals surface area (Å²) < 4.78 is 65.8. The lowest BCUT2D eigenvalue weighted by Gasteiger charge is -2.24. The van der Waals surface area contributed by atoms with Gasteiger partial charge in [0.1, 0.15) is 12.7 Å². The lowest BCUT2D eigenvalue weighted by atomic mass is 10.1. The zero-order valence-corrected chi connectivity index (χ0v) is 15.3. The van der Waals surface area contributed by atoms with E-state index in [4.69, 9.17) is 4.74 Å². The van der Waals surface area contributed by atoms with Gasteiger partial charge in [0, 0.05) is 0 Å². The molecule has 6 nitrogen and oxygen atoms in total. The first-order valence-electron chi connectivity index (χ1n) is 8.16. The second-order valence-electron chi connectivity index (χ2n) is 5.87. The summed E-state index contributed by atoms with van der Waals surface area (Å²) >= 11 is -1.14. The third-order valence-electron chi connectivity index (χ3n) is 4.18. The highest BCUT2D eigenvalue weighted by Crippen LogP contribution is 2.46. The molecule has 0 aliphatic heterocycles. The number of carbonyl (C=O) groups is 1. The molecule has 1 aliphatic rings. The van der Waals surface area contributed by atoms with Crippen molar-refractivity contribution >= 4 is 18.0 Å². The minimum atomic E-state index is -5.70. The Kier molecular flexibility index (Phi) is 6.44. The molecule has 0 amide bonds. The molecule has 156 valence electrons. The minimum Gasteiger partial charge on any atom is -0.691 e. The number of halogens is 4. The normalized spacial score (nSPS) is 15.5. The van der Waals surface area contributed by atoms with Crippen LogP contribution in [0.5, 0.6) is 0 Å². The van der Waals surface area contributed by atoms with Gasteiger partial charge in [-0.05, 0) is 22.3 Å². The smallest absolute Gasteiger partial charge is 0.446 e. The fourth-order valence-electron chi connectivity index (χ4n) is 2.94. The summed E-state index contributed by atoms with van der Waals surface area (Å²) in [4.78, 5) is 11.6. The van der Waals surface area contributed by atoms with Crippen molar-refractivity contribution in [3.8, 4) is 11.1 Å². The van der Waals surface area contributed by atoms with Gasteiger partial charge in [0.25, 0.3) is 0 Å². The van der Waals surface area contributed by atoms with Crippen LogP contribution in [0.3, 0.4) is 0 Å². The zero-order valence-electron chi connectivity index (χ0n) is 14.5. The molecule has 2 aromatic carbocycles. The molecule has 0 saturated heterocycles. The van der Waals surface area contributed by atoms with Crippen LogP contribution in [0.2, 0.25) is 0 Å². The summed E-state index contributed by atoms with van der Waals surface area (Å²) in [6, 6.07) is 14.9. The van der Waals surface area contributed by atoms with Crippen molar-refractivity contribution in [1.82, 2.24) is 0 Å². The molecule has 0 aromatic heterocycles. The predicted molar refractivity (Wildman–Crippen MR) is 90.3 cm³/mol. The highest BCUT2D eigenvalue weighted by Gasteiger charge is 2.65. The van der Waals surface area contributed by atoms with Gasteiger partial charge in [0.2, 0.25) is 0 Å². The quantitative estimate of drug-likeness (QED) is 0.158. The van der Waals surface area contributed by atoms with Crippen molar-refractivity contribution in [3.63, 3.8) is 0 Å². The average molecular weight is 433 g/mol. The third kappa shape index (κ3) is 4.23. The average Bonchev–Trinajstić information content (AvgIpc) is 3.02. The maximum atomic E-state index is 14.0. The highest BCUT2D eigenvalue weighted by molar-refractivity contribution is 7.96. The zero-order chi connectivity index (χ0) is 21.1. The van der Waals surface area contributed by atoms with Crippen molar-refractivity contribution in [1.29, 1.82) is 0 Å². The van der Waals surface area contributed by atoms with Gasteiger partial charge in [-0.3, -0.25) is 5.04 Å². The second-order valence-corrected chi connectivity index (χ2v) is 6.74. The molecule has 1 aliphatic carbocycles. The third-order valence-corrected chi connectivity index (χ3v) is 4.93. The molecule has 29 heavy (non-hydrogen) atoms. The van der Waals surface area contributed by atoms with Gasteiger partial charge in [-0.2, -0.15) is 17.5 Å². The molecule has 0 saturated carbocycles. The molecular weight excluding hydrogens is 420 g/mol. The maximum absolute atomic E-state index is 14.0. The van der Waals surface area contributed by atoms with E-state index in [1.165, 1.54) is 0 Å². The Morgan fingerprint density at radius 3 is 2.03 bits per heavy atom. The van der Waals surface area contributed by atoms with Crippen molar-refractivity contribution in [3.05, 3.63) is 59.7 Å². The van der Waals surface area contributed by atoms with E-state index in [0.717, 1.165) is 22.3 Å². The standard InChI is InChI=1S/C18H14F4O6S/c19-17(18(20,21)22,29-28-27-24)16(23)26-10-9-25-15-13-7-3-1-5-11(13)12-6-2-4-8-14(12)15/h1-8,15,24H,9-10H2/p-1. The number of ether oxygens (including phenoxy) is 2. The van der Waals surface area contributed by atoms with Crippen LogP contribution < -0.4 is 5.26 Å². The van der Waals surface area contributed by atoms with Gasteiger partial charge < -0.3 is 14.7 Å². The van der Waals surface area contributed by atoms with E-state index in [-0.39, 0.29) is 6.61 Å². The predicted octanol–water partition coefficient (Wildman–Crippen LogP) is 3.42. The Labute approximate surface area is 166 Å². The first kappa shape index (κ1) is 21.5. The molecule has 11 heteroatoms. The van der Waals surface area contributed by atoms with E-state index < -0.39 is 41.9 Å². The van der Waals surface area contributed by atoms with Crippen molar-refractivity contribution < 1.29 is 46.5 Å². The number of hydrogen-bond acceptors (Lipinski definition) is 7. The van der Waals surface area contributed by atoms with E-state index in [0.29, 0.717) is 0 Å². The first-order chi connectivity index (χ1) is 13.8. The number of benzene rings is 2. The Balaban J connectivity index is 1.63. The summed E-state index contributed by atoms with van der Waals surface area (Å²) in [7, 11) is 0. The molecule has 0 heterocycles. The number of rotatable bonds is 8. The Bertz CT molecular complexity index is 832. The van der Waals surface area contributed by atoms with Crippen LogP contribution in [0.1, 0.15) is 17.2 Å².